The molecule has 0 atom stereocenters. The van der Waals surface area contributed by atoms with E-state index in [-0.39, 0.29) is 18.0 Å². The van der Waals surface area contributed by atoms with Gasteiger partial charge in [0.25, 0.3) is 0 Å². The molecule has 1 aliphatic heterocycles. The highest BCUT2D eigenvalue weighted by atomic mass is 79.9. The van der Waals surface area contributed by atoms with Crippen molar-refractivity contribution in [1.29, 1.82) is 0 Å². The fourth-order valence-electron chi connectivity index (χ4n) is 1.85. The van der Waals surface area contributed by atoms with Crippen molar-refractivity contribution in [2.24, 2.45) is 0 Å². The molecule has 2 nitrogen and oxygen atoms in total. The number of halogens is 4. The van der Waals surface area contributed by atoms with Gasteiger partial charge in [-0.15, -0.1) is 0 Å². The van der Waals surface area contributed by atoms with E-state index >= 15 is 0 Å². The third-order valence-electron chi connectivity index (χ3n) is 2.63. The lowest BCUT2D eigenvalue weighted by atomic mass is 10.1. The van der Waals surface area contributed by atoms with Crippen LogP contribution < -0.4 is 4.90 Å². The number of anilines is 1. The van der Waals surface area contributed by atoms with Gasteiger partial charge < -0.3 is 4.90 Å². The Morgan fingerprint density at radius 2 is 2.00 bits per heavy atom. The molecular weight excluding hydrogens is 299 g/mol. The Labute approximate surface area is 105 Å². The van der Waals surface area contributed by atoms with Crippen LogP contribution in [0.1, 0.15) is 12.0 Å². The average Bonchev–Trinajstić information content (AvgIpc) is 2.63. The van der Waals surface area contributed by atoms with E-state index in [4.69, 9.17) is 0 Å². The van der Waals surface area contributed by atoms with Crippen LogP contribution in [0.15, 0.2) is 22.7 Å². The molecule has 0 aliphatic carbocycles. The normalized spacial score (nSPS) is 16.7. The molecule has 0 spiro atoms. The Kier molecular flexibility index (Phi) is 3.16. The summed E-state index contributed by atoms with van der Waals surface area (Å²) in [5, 5.41) is 0. The zero-order valence-electron chi connectivity index (χ0n) is 8.72. The fraction of sp³-hybridized carbons (Fsp3) is 0.364. The minimum atomic E-state index is -4.41. The van der Waals surface area contributed by atoms with Crippen LogP contribution in [0.25, 0.3) is 0 Å². The van der Waals surface area contributed by atoms with Crippen LogP contribution in [-0.2, 0) is 11.0 Å². The topological polar surface area (TPSA) is 20.3 Å². The SMILES string of the molecule is O=C1CCN(c2ccc(Br)cc2C(F)(F)F)C1. The van der Waals surface area contributed by atoms with E-state index in [1.54, 1.807) is 6.07 Å². The van der Waals surface area contributed by atoms with E-state index in [0.717, 1.165) is 6.07 Å². The number of carbonyl (C=O) groups is 1. The molecule has 0 N–H and O–H groups in total. The van der Waals surface area contributed by atoms with Gasteiger partial charge in [0, 0.05) is 23.1 Å². The number of hydrogen-bond acceptors (Lipinski definition) is 2. The van der Waals surface area contributed by atoms with Crippen LogP contribution in [0.3, 0.4) is 0 Å². The van der Waals surface area contributed by atoms with E-state index in [1.807, 2.05) is 0 Å². The summed E-state index contributed by atoms with van der Waals surface area (Å²) in [4.78, 5) is 12.6. The lowest BCUT2D eigenvalue weighted by Gasteiger charge is -2.22. The van der Waals surface area contributed by atoms with Gasteiger partial charge in [0.05, 0.1) is 12.1 Å². The van der Waals surface area contributed by atoms with Gasteiger partial charge in [0.15, 0.2) is 5.78 Å². The standard InChI is InChI=1S/C11H9BrF3NO/c12-7-1-2-10(9(5-7)11(13,14)15)16-4-3-8(17)6-16/h1-2,5H,3-4,6H2. The number of hydrogen-bond donors (Lipinski definition) is 0. The van der Waals surface area contributed by atoms with Crippen LogP contribution in [-0.4, -0.2) is 18.9 Å². The van der Waals surface area contributed by atoms with Gasteiger partial charge in [-0.05, 0) is 18.2 Å². The number of carbonyl (C=O) groups excluding carboxylic acids is 1. The molecule has 2 rings (SSSR count). The van der Waals surface area contributed by atoms with Gasteiger partial charge in [-0.25, -0.2) is 0 Å². The van der Waals surface area contributed by atoms with Crippen molar-refractivity contribution in [2.45, 2.75) is 12.6 Å². The number of benzene rings is 1. The lowest BCUT2D eigenvalue weighted by Crippen LogP contribution is -2.23. The predicted molar refractivity (Wildman–Crippen MR) is 61.0 cm³/mol. The van der Waals surface area contributed by atoms with E-state index in [9.17, 15) is 18.0 Å². The van der Waals surface area contributed by atoms with Crippen LogP contribution in [0.4, 0.5) is 18.9 Å². The van der Waals surface area contributed by atoms with Crippen molar-refractivity contribution in [3.63, 3.8) is 0 Å². The first kappa shape index (κ1) is 12.4. The van der Waals surface area contributed by atoms with Crippen molar-refractivity contribution in [2.75, 3.05) is 18.0 Å². The molecule has 1 aromatic carbocycles. The molecule has 0 saturated carbocycles. The molecule has 1 fully saturated rings. The fourth-order valence-corrected chi connectivity index (χ4v) is 2.21. The second kappa shape index (κ2) is 4.33. The first-order chi connectivity index (χ1) is 7.88. The molecule has 1 aliphatic rings. The molecule has 0 radical (unpaired) electrons. The Hall–Kier alpha value is -1.04. The summed E-state index contributed by atoms with van der Waals surface area (Å²) in [6.07, 6.45) is -4.10. The second-order valence-corrected chi connectivity index (χ2v) is 4.79. The van der Waals surface area contributed by atoms with Gasteiger partial charge in [-0.3, -0.25) is 4.79 Å². The highest BCUT2D eigenvalue weighted by Gasteiger charge is 2.36. The van der Waals surface area contributed by atoms with Crippen molar-refractivity contribution < 1.29 is 18.0 Å². The maximum Gasteiger partial charge on any atom is 0.418 e. The highest BCUT2D eigenvalue weighted by molar-refractivity contribution is 9.10. The largest absolute Gasteiger partial charge is 0.418 e. The molecule has 17 heavy (non-hydrogen) atoms. The third kappa shape index (κ3) is 2.62. The zero-order valence-corrected chi connectivity index (χ0v) is 10.3. The average molecular weight is 308 g/mol. The Bertz CT molecular complexity index is 459. The van der Waals surface area contributed by atoms with E-state index in [2.05, 4.69) is 15.9 Å². The zero-order chi connectivity index (χ0) is 12.6. The minimum Gasteiger partial charge on any atom is -0.363 e. The van der Waals surface area contributed by atoms with Gasteiger partial charge in [0.2, 0.25) is 0 Å². The number of rotatable bonds is 1. The van der Waals surface area contributed by atoms with Crippen molar-refractivity contribution in [3.8, 4) is 0 Å². The maximum atomic E-state index is 12.8. The molecule has 1 heterocycles. The summed E-state index contributed by atoms with van der Waals surface area (Å²) >= 11 is 3.02. The van der Waals surface area contributed by atoms with Gasteiger partial charge >= 0.3 is 6.18 Å². The van der Waals surface area contributed by atoms with E-state index in [0.29, 0.717) is 17.4 Å². The summed E-state index contributed by atoms with van der Waals surface area (Å²) in [5.74, 6) is -0.0268. The Balaban J connectivity index is 2.43. The van der Waals surface area contributed by atoms with Crippen LogP contribution in [0, 0.1) is 0 Å². The third-order valence-corrected chi connectivity index (χ3v) is 3.13. The van der Waals surface area contributed by atoms with Gasteiger partial charge in [-0.1, -0.05) is 15.9 Å². The summed E-state index contributed by atoms with van der Waals surface area (Å²) in [7, 11) is 0. The van der Waals surface area contributed by atoms with Crippen LogP contribution >= 0.6 is 15.9 Å². The first-order valence-corrected chi connectivity index (χ1v) is 5.80. The number of nitrogens with zero attached hydrogens (tertiary/aromatic N) is 1. The van der Waals surface area contributed by atoms with Crippen LogP contribution in [0.5, 0.6) is 0 Å². The molecule has 0 unspecified atom stereocenters. The molecule has 6 heteroatoms. The molecule has 0 amide bonds. The molecule has 0 bridgehead atoms. The number of ketones is 1. The minimum absolute atomic E-state index is 0.0268. The lowest BCUT2D eigenvalue weighted by molar-refractivity contribution is -0.137. The molecule has 1 aromatic rings. The summed E-state index contributed by atoms with van der Waals surface area (Å²) in [6.45, 7) is 0.411. The molecular formula is C11H9BrF3NO. The second-order valence-electron chi connectivity index (χ2n) is 3.87. The quantitative estimate of drug-likeness (QED) is 0.794. The van der Waals surface area contributed by atoms with Crippen molar-refractivity contribution in [3.05, 3.63) is 28.2 Å². The Morgan fingerprint density at radius 1 is 1.29 bits per heavy atom. The molecule has 92 valence electrons. The number of Topliss-reactive ketones (excluding diaryl/α,β-unsaturated/α-hetero) is 1. The van der Waals surface area contributed by atoms with Crippen LogP contribution in [0.2, 0.25) is 0 Å². The van der Waals surface area contributed by atoms with E-state index < -0.39 is 11.7 Å². The first-order valence-electron chi connectivity index (χ1n) is 5.01. The smallest absolute Gasteiger partial charge is 0.363 e. The van der Waals surface area contributed by atoms with Gasteiger partial charge in [0.1, 0.15) is 0 Å². The summed E-state index contributed by atoms with van der Waals surface area (Å²) in [6, 6.07) is 3.98. The highest BCUT2D eigenvalue weighted by Crippen LogP contribution is 2.38. The Morgan fingerprint density at radius 3 is 2.53 bits per heavy atom. The maximum absolute atomic E-state index is 12.8. The predicted octanol–water partition coefficient (Wildman–Crippen LogP) is 3.25. The summed E-state index contributed by atoms with van der Waals surface area (Å²) < 4.78 is 38.9. The summed E-state index contributed by atoms with van der Waals surface area (Å²) in [5.41, 5.74) is -0.631. The van der Waals surface area contributed by atoms with Crippen molar-refractivity contribution >= 4 is 27.4 Å². The van der Waals surface area contributed by atoms with E-state index in [1.165, 1.54) is 11.0 Å². The number of alkyl halides is 3. The monoisotopic (exact) mass is 307 g/mol. The molecule has 0 aromatic heterocycles. The molecule has 1 saturated heterocycles. The van der Waals surface area contributed by atoms with Crippen molar-refractivity contribution in [1.82, 2.24) is 0 Å². The van der Waals surface area contributed by atoms with Gasteiger partial charge in [-0.2, -0.15) is 13.2 Å².